The van der Waals surface area contributed by atoms with Crippen molar-refractivity contribution in [1.82, 2.24) is 29.9 Å². The zero-order chi connectivity index (χ0) is 25.9. The summed E-state index contributed by atoms with van der Waals surface area (Å²) in [4.78, 5) is 39.8. The Morgan fingerprint density at radius 1 is 1.03 bits per heavy atom. The van der Waals surface area contributed by atoms with Crippen molar-refractivity contribution in [2.75, 3.05) is 20.7 Å². The maximum absolute atomic E-state index is 13.8. The largest absolute Gasteiger partial charge is 0.439 e. The molecule has 10 nitrogen and oxygen atoms in total. The number of carbonyl (C=O) groups is 2. The van der Waals surface area contributed by atoms with Crippen molar-refractivity contribution in [1.29, 1.82) is 0 Å². The maximum atomic E-state index is 13.8. The quantitative estimate of drug-likeness (QED) is 0.369. The van der Waals surface area contributed by atoms with Crippen LogP contribution < -0.4 is 0 Å². The van der Waals surface area contributed by atoms with Crippen molar-refractivity contribution in [3.05, 3.63) is 84.1 Å². The minimum Gasteiger partial charge on any atom is -0.439 e. The van der Waals surface area contributed by atoms with Crippen molar-refractivity contribution < 1.29 is 18.8 Å². The molecule has 0 saturated carbocycles. The first-order valence-corrected chi connectivity index (χ1v) is 12.1. The third-order valence-corrected chi connectivity index (χ3v) is 6.70. The molecule has 0 spiro atoms. The highest BCUT2D eigenvalue weighted by Gasteiger charge is 2.35. The second-order valence-corrected chi connectivity index (χ2v) is 9.00. The van der Waals surface area contributed by atoms with E-state index in [4.69, 9.17) is 9.25 Å². The van der Waals surface area contributed by atoms with E-state index in [1.807, 2.05) is 60.4 Å². The first-order valence-electron chi connectivity index (χ1n) is 12.1. The molecule has 1 aliphatic rings. The number of benzene rings is 2. The molecule has 37 heavy (non-hydrogen) atoms. The summed E-state index contributed by atoms with van der Waals surface area (Å²) in [6, 6.07) is 16.7. The van der Waals surface area contributed by atoms with Gasteiger partial charge in [-0.2, -0.15) is 15.0 Å². The van der Waals surface area contributed by atoms with E-state index < -0.39 is 5.91 Å². The molecule has 10 heteroatoms. The van der Waals surface area contributed by atoms with Crippen LogP contribution in [0.4, 0.5) is 0 Å². The summed E-state index contributed by atoms with van der Waals surface area (Å²) in [7, 11) is 2.95. The summed E-state index contributed by atoms with van der Waals surface area (Å²) >= 11 is 0. The topological polar surface area (TPSA) is 107 Å². The van der Waals surface area contributed by atoms with Crippen LogP contribution in [0, 0.1) is 0 Å². The number of rotatable bonds is 6. The van der Waals surface area contributed by atoms with Crippen LogP contribution in [0.2, 0.25) is 0 Å². The molecule has 2 aromatic heterocycles. The molecule has 2 atom stereocenters. The molecular formula is C27H28N6O4. The summed E-state index contributed by atoms with van der Waals surface area (Å²) in [5, 5.41) is 9.52. The number of hydrogen-bond donors (Lipinski definition) is 0. The fourth-order valence-electron chi connectivity index (χ4n) is 4.59. The van der Waals surface area contributed by atoms with Crippen LogP contribution in [0.25, 0.3) is 17.0 Å². The Labute approximate surface area is 214 Å². The van der Waals surface area contributed by atoms with Crippen LogP contribution in [0.5, 0.6) is 0 Å². The average molecular weight is 501 g/mol. The molecule has 190 valence electrons. The van der Waals surface area contributed by atoms with Gasteiger partial charge in [0.2, 0.25) is 5.89 Å². The van der Waals surface area contributed by atoms with Crippen LogP contribution in [0.3, 0.4) is 0 Å². The summed E-state index contributed by atoms with van der Waals surface area (Å²) < 4.78 is 6.23. The van der Waals surface area contributed by atoms with Gasteiger partial charge in [-0.15, -0.1) is 0 Å². The summed E-state index contributed by atoms with van der Waals surface area (Å²) in [6.07, 6.45) is 4.69. The molecule has 0 N–H and O–H groups in total. The van der Waals surface area contributed by atoms with E-state index in [9.17, 15) is 9.59 Å². The molecule has 1 saturated heterocycles. The highest BCUT2D eigenvalue weighted by molar-refractivity contribution is 5.98. The number of amides is 2. The molecule has 0 bridgehead atoms. The molecule has 0 radical (unpaired) electrons. The highest BCUT2D eigenvalue weighted by Crippen LogP contribution is 2.35. The normalized spacial score (nSPS) is 17.5. The third-order valence-electron chi connectivity index (χ3n) is 6.70. The van der Waals surface area contributed by atoms with Gasteiger partial charge in [0.1, 0.15) is 0 Å². The molecule has 0 aliphatic carbocycles. The number of nitrogens with zero attached hydrogens (tertiary/aromatic N) is 6. The van der Waals surface area contributed by atoms with Crippen LogP contribution in [-0.4, -0.2) is 68.5 Å². The zero-order valence-electron chi connectivity index (χ0n) is 20.9. The highest BCUT2D eigenvalue weighted by atomic mass is 16.7. The maximum Gasteiger partial charge on any atom is 0.299 e. The second kappa shape index (κ2) is 10.4. The lowest BCUT2D eigenvalue weighted by atomic mass is 9.92. The molecule has 1 fully saturated rings. The van der Waals surface area contributed by atoms with Crippen molar-refractivity contribution >= 4 is 11.8 Å². The Morgan fingerprint density at radius 3 is 2.46 bits per heavy atom. The zero-order valence-corrected chi connectivity index (χ0v) is 20.9. The number of carbonyl (C=O) groups excluding carboxylic acids is 2. The van der Waals surface area contributed by atoms with Gasteiger partial charge >= 0.3 is 0 Å². The predicted octanol–water partition coefficient (Wildman–Crippen LogP) is 3.96. The van der Waals surface area contributed by atoms with Gasteiger partial charge in [-0.05, 0) is 31.9 Å². The molecule has 2 aromatic carbocycles. The van der Waals surface area contributed by atoms with Gasteiger partial charge in [0, 0.05) is 25.2 Å². The number of para-hydroxylation sites is 1. The Kier molecular flexibility index (Phi) is 6.82. The molecule has 3 heterocycles. The van der Waals surface area contributed by atoms with E-state index in [2.05, 4.69) is 15.2 Å². The van der Waals surface area contributed by atoms with E-state index in [-0.39, 0.29) is 23.6 Å². The molecule has 4 aromatic rings. The number of hydroxylamine groups is 2. The van der Waals surface area contributed by atoms with E-state index in [1.54, 1.807) is 18.5 Å². The molecule has 1 unspecified atom stereocenters. The molecule has 5 rings (SSSR count). The standard InChI is InChI=1S/C27H28N6O4/c1-18-13-14-20(17-32(18)26(34)21-11-7-8-12-22(21)33-28-15-16-29-33)25-30-23(27(35)31(2)36-3)24(37-25)19-9-5-4-6-10-19/h4-12,15-16,18,20H,13-14,17H2,1-3H3/t18-,20?/m1/s1. The average Bonchev–Trinajstić information content (AvgIpc) is 3.64. The fraction of sp³-hybridized carbons (Fsp3) is 0.296. The van der Waals surface area contributed by atoms with Gasteiger partial charge in [-0.25, -0.2) is 10.0 Å². The Bertz CT molecular complexity index is 1390. The number of likely N-dealkylation sites (tertiary alicyclic amines) is 1. The van der Waals surface area contributed by atoms with Crippen LogP contribution in [0.15, 0.2) is 71.4 Å². The van der Waals surface area contributed by atoms with Gasteiger partial charge in [-0.3, -0.25) is 14.4 Å². The molecule has 1 aliphatic heterocycles. The van der Waals surface area contributed by atoms with E-state index >= 15 is 0 Å². The van der Waals surface area contributed by atoms with Gasteiger partial charge in [0.25, 0.3) is 11.8 Å². The first-order chi connectivity index (χ1) is 18.0. The lowest BCUT2D eigenvalue weighted by molar-refractivity contribution is -0.0760. The number of piperidine rings is 1. The van der Waals surface area contributed by atoms with E-state index in [0.29, 0.717) is 29.4 Å². The van der Waals surface area contributed by atoms with Gasteiger partial charge in [0.05, 0.1) is 36.7 Å². The van der Waals surface area contributed by atoms with Crippen LogP contribution in [0.1, 0.15) is 52.4 Å². The summed E-state index contributed by atoms with van der Waals surface area (Å²) in [5.74, 6) is 0.117. The van der Waals surface area contributed by atoms with Gasteiger partial charge < -0.3 is 9.32 Å². The van der Waals surface area contributed by atoms with Crippen molar-refractivity contribution in [2.24, 2.45) is 0 Å². The first kappa shape index (κ1) is 24.4. The lowest BCUT2D eigenvalue weighted by Gasteiger charge is -2.37. The Morgan fingerprint density at radius 2 is 1.73 bits per heavy atom. The van der Waals surface area contributed by atoms with Gasteiger partial charge in [-0.1, -0.05) is 42.5 Å². The summed E-state index contributed by atoms with van der Waals surface area (Å²) in [5.41, 5.74) is 2.05. The SMILES string of the molecule is CON(C)C(=O)c1nc(C2CC[C@@H](C)N(C(=O)c3ccccc3-n3nccn3)C2)oc1-c1ccccc1. The second-order valence-electron chi connectivity index (χ2n) is 9.00. The van der Waals surface area contributed by atoms with E-state index in [0.717, 1.165) is 23.5 Å². The lowest BCUT2D eigenvalue weighted by Crippen LogP contribution is -2.45. The Balaban J connectivity index is 1.47. The third kappa shape index (κ3) is 4.75. The minimum atomic E-state index is -0.408. The molecule has 2 amide bonds. The number of hydrogen-bond acceptors (Lipinski definition) is 7. The van der Waals surface area contributed by atoms with Crippen molar-refractivity contribution in [3.63, 3.8) is 0 Å². The fourth-order valence-corrected chi connectivity index (χ4v) is 4.59. The van der Waals surface area contributed by atoms with E-state index in [1.165, 1.54) is 19.0 Å². The summed E-state index contributed by atoms with van der Waals surface area (Å²) in [6.45, 7) is 2.44. The van der Waals surface area contributed by atoms with Crippen LogP contribution >= 0.6 is 0 Å². The smallest absolute Gasteiger partial charge is 0.299 e. The Hall–Kier alpha value is -4.31. The van der Waals surface area contributed by atoms with Crippen molar-refractivity contribution in [2.45, 2.75) is 31.7 Å². The predicted molar refractivity (Wildman–Crippen MR) is 135 cm³/mol. The van der Waals surface area contributed by atoms with Gasteiger partial charge in [0.15, 0.2) is 11.5 Å². The monoisotopic (exact) mass is 500 g/mol. The number of oxazole rings is 1. The van der Waals surface area contributed by atoms with Crippen molar-refractivity contribution in [3.8, 4) is 17.0 Å². The minimum absolute atomic E-state index is 0.0201. The number of aromatic nitrogens is 4. The van der Waals surface area contributed by atoms with Crippen LogP contribution in [-0.2, 0) is 4.84 Å². The molecular weight excluding hydrogens is 472 g/mol.